The molecule has 2 aliphatic carbocycles. The lowest BCUT2D eigenvalue weighted by Gasteiger charge is -2.34. The molecule has 1 unspecified atom stereocenters. The van der Waals surface area contributed by atoms with Gasteiger partial charge in [0, 0.05) is 16.8 Å². The third kappa shape index (κ3) is 2.23. The summed E-state index contributed by atoms with van der Waals surface area (Å²) >= 11 is 1.99. The number of hydrogen-bond donors (Lipinski definition) is 1. The van der Waals surface area contributed by atoms with Crippen LogP contribution in [0.3, 0.4) is 0 Å². The van der Waals surface area contributed by atoms with Gasteiger partial charge in [0.15, 0.2) is 0 Å². The Bertz CT molecular complexity index is 430. The third-order valence-electron chi connectivity index (χ3n) is 4.52. The van der Waals surface area contributed by atoms with Crippen molar-refractivity contribution in [3.63, 3.8) is 0 Å². The van der Waals surface area contributed by atoms with Gasteiger partial charge in [0.2, 0.25) is 0 Å². The number of nitrogens with one attached hydrogen (secondary N) is 1. The number of hydrogen-bond acceptors (Lipinski definition) is 3. The Morgan fingerprint density at radius 3 is 2.67 bits per heavy atom. The largest absolute Gasteiger partial charge is 0.312 e. The van der Waals surface area contributed by atoms with E-state index in [1.54, 1.807) is 0 Å². The van der Waals surface area contributed by atoms with Crippen molar-refractivity contribution in [2.45, 2.75) is 64.3 Å². The van der Waals surface area contributed by atoms with Gasteiger partial charge in [0.1, 0.15) is 0 Å². The van der Waals surface area contributed by atoms with E-state index in [1.807, 2.05) is 11.3 Å². The van der Waals surface area contributed by atoms with Crippen molar-refractivity contribution in [1.82, 2.24) is 10.3 Å². The van der Waals surface area contributed by atoms with Crippen LogP contribution in [-0.4, -0.2) is 12.0 Å². The molecule has 1 saturated carbocycles. The second-order valence-corrected chi connectivity index (χ2v) is 7.79. The quantitative estimate of drug-likeness (QED) is 0.872. The highest BCUT2D eigenvalue weighted by Gasteiger charge is 2.35. The van der Waals surface area contributed by atoms with E-state index >= 15 is 0 Å². The van der Waals surface area contributed by atoms with Gasteiger partial charge in [0.25, 0.3) is 0 Å². The number of thiazole rings is 1. The molecule has 2 nitrogen and oxygen atoms in total. The van der Waals surface area contributed by atoms with E-state index in [2.05, 4.69) is 26.2 Å². The number of aromatic nitrogens is 1. The van der Waals surface area contributed by atoms with Crippen LogP contribution in [0.5, 0.6) is 0 Å². The molecule has 0 bridgehead atoms. The summed E-state index contributed by atoms with van der Waals surface area (Å²) in [4.78, 5) is 6.53. The maximum absolute atomic E-state index is 5.01. The van der Waals surface area contributed by atoms with E-state index in [0.717, 1.165) is 12.3 Å². The number of nitrogens with zero attached hydrogens (tertiary/aromatic N) is 1. The lowest BCUT2D eigenvalue weighted by Crippen LogP contribution is -2.30. The Hall–Kier alpha value is -0.410. The molecule has 2 aliphatic rings. The van der Waals surface area contributed by atoms with Crippen LogP contribution in [0.25, 0.3) is 0 Å². The molecule has 3 heteroatoms. The monoisotopic (exact) mass is 264 g/mol. The van der Waals surface area contributed by atoms with E-state index in [0.29, 0.717) is 11.5 Å². The lowest BCUT2D eigenvalue weighted by molar-refractivity contribution is 0.265. The minimum atomic E-state index is 0.391. The van der Waals surface area contributed by atoms with Gasteiger partial charge in [-0.15, -0.1) is 11.3 Å². The van der Waals surface area contributed by atoms with Crippen molar-refractivity contribution in [2.24, 2.45) is 5.41 Å². The zero-order valence-electron chi connectivity index (χ0n) is 11.8. The van der Waals surface area contributed by atoms with Crippen LogP contribution in [0.2, 0.25) is 0 Å². The predicted octanol–water partition coefficient (Wildman–Crippen LogP) is 4.03. The average Bonchev–Trinajstić information content (AvgIpc) is 2.93. The fourth-order valence-corrected chi connectivity index (χ4v) is 4.90. The van der Waals surface area contributed by atoms with E-state index in [4.69, 9.17) is 4.98 Å². The first kappa shape index (κ1) is 12.6. The van der Waals surface area contributed by atoms with E-state index in [1.165, 1.54) is 47.7 Å². The molecule has 18 heavy (non-hydrogen) atoms. The summed E-state index contributed by atoms with van der Waals surface area (Å²) in [5.41, 5.74) is 1.78. The molecule has 0 aliphatic heterocycles. The molecule has 1 aromatic heterocycles. The highest BCUT2D eigenvalue weighted by Crippen LogP contribution is 2.45. The van der Waals surface area contributed by atoms with E-state index < -0.39 is 0 Å². The van der Waals surface area contributed by atoms with Gasteiger partial charge in [-0.1, -0.05) is 26.7 Å². The fourth-order valence-electron chi connectivity index (χ4n) is 3.53. The van der Waals surface area contributed by atoms with Crippen LogP contribution in [0.15, 0.2) is 0 Å². The number of rotatable bonds is 2. The van der Waals surface area contributed by atoms with Gasteiger partial charge in [-0.05, 0) is 38.1 Å². The molecule has 1 N–H and O–H groups in total. The molecular weight excluding hydrogens is 240 g/mol. The first-order valence-electron chi connectivity index (χ1n) is 7.26. The van der Waals surface area contributed by atoms with Crippen molar-refractivity contribution in [3.05, 3.63) is 15.6 Å². The molecular formula is C15H24N2S. The smallest absolute Gasteiger partial charge is 0.0962 e. The standard InChI is InChI=1S/C15H24N2S/c1-15(2)8-11(16-3)13-12(9-15)17-14(18-13)10-6-4-5-7-10/h10-11,16H,4-9H2,1-3H3. The molecule has 0 aromatic carbocycles. The zero-order valence-corrected chi connectivity index (χ0v) is 12.6. The van der Waals surface area contributed by atoms with E-state index in [-0.39, 0.29) is 0 Å². The summed E-state index contributed by atoms with van der Waals surface area (Å²) in [6, 6.07) is 0.524. The van der Waals surface area contributed by atoms with Crippen LogP contribution in [0.1, 0.15) is 73.5 Å². The molecule has 1 aromatic rings. The Morgan fingerprint density at radius 1 is 1.28 bits per heavy atom. The van der Waals surface area contributed by atoms with E-state index in [9.17, 15) is 0 Å². The fraction of sp³-hybridized carbons (Fsp3) is 0.800. The Labute approximate surface area is 114 Å². The topological polar surface area (TPSA) is 24.9 Å². The lowest BCUT2D eigenvalue weighted by atomic mass is 9.76. The summed E-state index contributed by atoms with van der Waals surface area (Å²) in [6.07, 6.45) is 7.91. The van der Waals surface area contributed by atoms with Gasteiger partial charge >= 0.3 is 0 Å². The summed E-state index contributed by atoms with van der Waals surface area (Å²) in [6.45, 7) is 4.74. The van der Waals surface area contributed by atoms with Gasteiger partial charge in [-0.3, -0.25) is 0 Å². The van der Waals surface area contributed by atoms with Gasteiger partial charge in [-0.2, -0.15) is 0 Å². The van der Waals surface area contributed by atoms with Gasteiger partial charge < -0.3 is 5.32 Å². The first-order valence-corrected chi connectivity index (χ1v) is 8.07. The van der Waals surface area contributed by atoms with Gasteiger partial charge in [0.05, 0.1) is 10.7 Å². The van der Waals surface area contributed by atoms with Crippen LogP contribution < -0.4 is 5.32 Å². The maximum Gasteiger partial charge on any atom is 0.0962 e. The van der Waals surface area contributed by atoms with Crippen LogP contribution in [0, 0.1) is 5.41 Å². The molecule has 0 spiro atoms. The summed E-state index contributed by atoms with van der Waals surface area (Å²) in [5.74, 6) is 0.765. The molecule has 1 atom stereocenters. The Morgan fingerprint density at radius 2 is 2.00 bits per heavy atom. The molecule has 100 valence electrons. The molecule has 0 saturated heterocycles. The van der Waals surface area contributed by atoms with Crippen LogP contribution >= 0.6 is 11.3 Å². The maximum atomic E-state index is 5.01. The summed E-state index contributed by atoms with van der Waals surface area (Å²) in [5, 5.41) is 4.92. The SMILES string of the molecule is CNC1CC(C)(C)Cc2nc(C3CCCC3)sc21. The zero-order chi connectivity index (χ0) is 12.8. The van der Waals surface area contributed by atoms with Crippen molar-refractivity contribution < 1.29 is 0 Å². The van der Waals surface area contributed by atoms with Crippen LogP contribution in [-0.2, 0) is 6.42 Å². The summed E-state index contributed by atoms with van der Waals surface area (Å²) in [7, 11) is 2.09. The molecule has 1 fully saturated rings. The van der Waals surface area contributed by atoms with Crippen molar-refractivity contribution in [1.29, 1.82) is 0 Å². The summed E-state index contributed by atoms with van der Waals surface area (Å²) < 4.78 is 0. The van der Waals surface area contributed by atoms with Crippen LogP contribution in [0.4, 0.5) is 0 Å². The molecule has 0 amide bonds. The van der Waals surface area contributed by atoms with Crippen molar-refractivity contribution in [3.8, 4) is 0 Å². The average molecular weight is 264 g/mol. The first-order chi connectivity index (χ1) is 8.59. The Balaban J connectivity index is 1.92. The second-order valence-electron chi connectivity index (χ2n) is 6.73. The van der Waals surface area contributed by atoms with Crippen molar-refractivity contribution >= 4 is 11.3 Å². The molecule has 1 heterocycles. The minimum Gasteiger partial charge on any atom is -0.312 e. The minimum absolute atomic E-state index is 0.391. The third-order valence-corrected chi connectivity index (χ3v) is 5.89. The highest BCUT2D eigenvalue weighted by molar-refractivity contribution is 7.12. The van der Waals surface area contributed by atoms with Crippen molar-refractivity contribution in [2.75, 3.05) is 7.05 Å². The Kier molecular flexibility index (Phi) is 3.23. The predicted molar refractivity (Wildman–Crippen MR) is 77.2 cm³/mol. The normalized spacial score (nSPS) is 27.4. The molecule has 3 rings (SSSR count). The highest BCUT2D eigenvalue weighted by atomic mass is 32.1. The molecule has 0 radical (unpaired) electrons. The number of fused-ring (bicyclic) bond motifs is 1. The van der Waals surface area contributed by atoms with Gasteiger partial charge in [-0.25, -0.2) is 4.98 Å². The second kappa shape index (κ2) is 4.61.